The van der Waals surface area contributed by atoms with Gasteiger partial charge in [-0.25, -0.2) is 17.5 Å². The second-order valence-electron chi connectivity index (χ2n) is 4.09. The monoisotopic (exact) mass is 326 g/mol. The highest BCUT2D eigenvalue weighted by Crippen LogP contribution is 2.25. The summed E-state index contributed by atoms with van der Waals surface area (Å²) in [6.45, 7) is -0.200. The second kappa shape index (κ2) is 7.19. The molecule has 20 heavy (non-hydrogen) atoms. The molecule has 0 amide bonds. The SMILES string of the molecule is COCC(CCO)NS(=O)(=O)c1cc(Cl)cc(N)c1F. The van der Waals surface area contributed by atoms with Gasteiger partial charge in [-0.2, -0.15) is 0 Å². The molecule has 0 saturated heterocycles. The fourth-order valence-electron chi connectivity index (χ4n) is 1.60. The molecule has 0 fully saturated rings. The van der Waals surface area contributed by atoms with Crippen LogP contribution in [0.25, 0.3) is 0 Å². The zero-order valence-corrected chi connectivity index (χ0v) is 12.3. The van der Waals surface area contributed by atoms with E-state index < -0.39 is 26.8 Å². The van der Waals surface area contributed by atoms with Crippen LogP contribution < -0.4 is 10.5 Å². The number of hydrogen-bond acceptors (Lipinski definition) is 5. The smallest absolute Gasteiger partial charge is 0.243 e. The molecule has 0 aliphatic carbocycles. The maximum Gasteiger partial charge on any atom is 0.243 e. The molecule has 1 aromatic rings. The molecule has 4 N–H and O–H groups in total. The average Bonchev–Trinajstić information content (AvgIpc) is 2.33. The number of halogens is 2. The number of hydrogen-bond donors (Lipinski definition) is 3. The van der Waals surface area contributed by atoms with Crippen LogP contribution in [0.2, 0.25) is 5.02 Å². The van der Waals surface area contributed by atoms with Crippen molar-refractivity contribution in [2.24, 2.45) is 0 Å². The third kappa shape index (κ3) is 4.29. The van der Waals surface area contributed by atoms with Gasteiger partial charge in [0.15, 0.2) is 5.82 Å². The average molecular weight is 327 g/mol. The van der Waals surface area contributed by atoms with Gasteiger partial charge in [0, 0.05) is 24.8 Å². The predicted molar refractivity (Wildman–Crippen MR) is 73.5 cm³/mol. The van der Waals surface area contributed by atoms with Crippen molar-refractivity contribution in [3.05, 3.63) is 23.0 Å². The Balaban J connectivity index is 3.10. The number of nitrogen functional groups attached to an aromatic ring is 1. The van der Waals surface area contributed by atoms with Gasteiger partial charge >= 0.3 is 0 Å². The molecular weight excluding hydrogens is 311 g/mol. The van der Waals surface area contributed by atoms with Gasteiger partial charge in [0.05, 0.1) is 12.3 Å². The van der Waals surface area contributed by atoms with Gasteiger partial charge in [-0.3, -0.25) is 0 Å². The van der Waals surface area contributed by atoms with Gasteiger partial charge in [-0.05, 0) is 18.6 Å². The molecule has 0 radical (unpaired) electrons. The molecular formula is C11H16ClFN2O4S. The van der Waals surface area contributed by atoms with E-state index in [2.05, 4.69) is 4.72 Å². The van der Waals surface area contributed by atoms with E-state index in [1.54, 1.807) is 0 Å². The highest BCUT2D eigenvalue weighted by molar-refractivity contribution is 7.89. The Morgan fingerprint density at radius 1 is 1.55 bits per heavy atom. The predicted octanol–water partition coefficient (Wildman–Crippen LogP) is 0.737. The summed E-state index contributed by atoms with van der Waals surface area (Å²) < 4.78 is 45.1. The summed E-state index contributed by atoms with van der Waals surface area (Å²) in [6, 6.07) is 1.41. The lowest BCUT2D eigenvalue weighted by atomic mass is 10.2. The van der Waals surface area contributed by atoms with Crippen LogP contribution in [0.3, 0.4) is 0 Å². The van der Waals surface area contributed by atoms with Crippen LogP contribution in [0.4, 0.5) is 10.1 Å². The van der Waals surface area contributed by atoms with E-state index in [1.165, 1.54) is 7.11 Å². The van der Waals surface area contributed by atoms with E-state index >= 15 is 0 Å². The van der Waals surface area contributed by atoms with E-state index in [4.69, 9.17) is 27.2 Å². The lowest BCUT2D eigenvalue weighted by Gasteiger charge is -2.17. The van der Waals surface area contributed by atoms with Crippen molar-refractivity contribution >= 4 is 27.3 Å². The normalized spacial score (nSPS) is 13.4. The Bertz CT molecular complexity index is 562. The Hall–Kier alpha value is -0.930. The van der Waals surface area contributed by atoms with Crippen LogP contribution in [0.15, 0.2) is 17.0 Å². The lowest BCUT2D eigenvalue weighted by Crippen LogP contribution is -2.39. The van der Waals surface area contributed by atoms with Crippen molar-refractivity contribution in [2.45, 2.75) is 17.4 Å². The van der Waals surface area contributed by atoms with E-state index in [0.29, 0.717) is 0 Å². The third-order valence-corrected chi connectivity index (χ3v) is 4.23. The molecule has 0 aliphatic rings. The van der Waals surface area contributed by atoms with Crippen LogP contribution in [-0.4, -0.2) is 39.9 Å². The molecule has 0 aromatic heterocycles. The number of aliphatic hydroxyl groups is 1. The van der Waals surface area contributed by atoms with Crippen molar-refractivity contribution in [2.75, 3.05) is 26.1 Å². The van der Waals surface area contributed by atoms with Gasteiger partial charge in [-0.15, -0.1) is 0 Å². The van der Waals surface area contributed by atoms with E-state index in [1.807, 2.05) is 0 Å². The number of ether oxygens (including phenoxy) is 1. The second-order valence-corrected chi connectivity index (χ2v) is 6.21. The Morgan fingerprint density at radius 3 is 2.75 bits per heavy atom. The fraction of sp³-hybridized carbons (Fsp3) is 0.455. The topological polar surface area (TPSA) is 102 Å². The van der Waals surface area contributed by atoms with Gasteiger partial charge in [-0.1, -0.05) is 11.6 Å². The minimum absolute atomic E-state index is 0.00900. The summed E-state index contributed by atoms with van der Waals surface area (Å²) in [5, 5.41) is 8.88. The molecule has 0 saturated carbocycles. The highest BCUT2D eigenvalue weighted by atomic mass is 35.5. The lowest BCUT2D eigenvalue weighted by molar-refractivity contribution is 0.158. The number of nitrogens with two attached hydrogens (primary N) is 1. The van der Waals surface area contributed by atoms with Gasteiger partial charge < -0.3 is 15.6 Å². The molecule has 9 heteroatoms. The summed E-state index contributed by atoms with van der Waals surface area (Å²) in [5.74, 6) is -1.07. The first kappa shape index (κ1) is 17.1. The number of anilines is 1. The van der Waals surface area contributed by atoms with Crippen molar-refractivity contribution in [3.63, 3.8) is 0 Å². The minimum atomic E-state index is -4.16. The Morgan fingerprint density at radius 2 is 2.20 bits per heavy atom. The van der Waals surface area contributed by atoms with E-state index in [9.17, 15) is 12.8 Å². The number of methoxy groups -OCH3 is 1. The van der Waals surface area contributed by atoms with Gasteiger partial charge in [0.25, 0.3) is 0 Å². The third-order valence-electron chi connectivity index (χ3n) is 2.49. The molecule has 0 heterocycles. The van der Waals surface area contributed by atoms with Crippen LogP contribution in [0.5, 0.6) is 0 Å². The van der Waals surface area contributed by atoms with Gasteiger partial charge in [0.1, 0.15) is 4.90 Å². The molecule has 114 valence electrons. The number of sulfonamides is 1. The highest BCUT2D eigenvalue weighted by Gasteiger charge is 2.25. The number of nitrogens with one attached hydrogen (secondary N) is 1. The molecule has 6 nitrogen and oxygen atoms in total. The Kier molecular flexibility index (Phi) is 6.15. The van der Waals surface area contributed by atoms with Crippen molar-refractivity contribution in [1.82, 2.24) is 4.72 Å². The van der Waals surface area contributed by atoms with E-state index in [-0.39, 0.29) is 30.3 Å². The summed E-state index contributed by atoms with van der Waals surface area (Å²) in [5.41, 5.74) is 4.99. The maximum absolute atomic E-state index is 13.8. The zero-order valence-electron chi connectivity index (χ0n) is 10.8. The first-order valence-electron chi connectivity index (χ1n) is 5.68. The molecule has 1 unspecified atom stereocenters. The quantitative estimate of drug-likeness (QED) is 0.641. The van der Waals surface area contributed by atoms with E-state index in [0.717, 1.165) is 12.1 Å². The molecule has 0 spiro atoms. The Labute approximate surface area is 121 Å². The van der Waals surface area contributed by atoms with Crippen LogP contribution in [0, 0.1) is 5.82 Å². The molecule has 0 bridgehead atoms. The molecule has 1 aromatic carbocycles. The molecule has 0 aliphatic heterocycles. The summed E-state index contributed by atoms with van der Waals surface area (Å²) in [6.07, 6.45) is 0.130. The number of rotatable bonds is 7. The molecule has 1 rings (SSSR count). The standard InChI is InChI=1S/C11H16ClFN2O4S/c1-19-6-8(2-3-16)15-20(17,18)10-5-7(12)4-9(14)11(10)13/h4-5,8,15-16H,2-3,6,14H2,1H3. The van der Waals surface area contributed by atoms with Crippen LogP contribution >= 0.6 is 11.6 Å². The van der Waals surface area contributed by atoms with Crippen LogP contribution in [0.1, 0.15) is 6.42 Å². The molecule has 1 atom stereocenters. The number of aliphatic hydroxyl groups excluding tert-OH is 1. The summed E-state index contributed by atoms with van der Waals surface area (Å²) >= 11 is 5.68. The first-order valence-corrected chi connectivity index (χ1v) is 7.54. The van der Waals surface area contributed by atoms with Crippen molar-refractivity contribution in [3.8, 4) is 0 Å². The largest absolute Gasteiger partial charge is 0.396 e. The summed E-state index contributed by atoms with van der Waals surface area (Å²) in [4.78, 5) is -0.637. The first-order chi connectivity index (χ1) is 9.31. The summed E-state index contributed by atoms with van der Waals surface area (Å²) in [7, 11) is -2.77. The zero-order chi connectivity index (χ0) is 15.3. The fourth-order valence-corrected chi connectivity index (χ4v) is 3.28. The van der Waals surface area contributed by atoms with Crippen molar-refractivity contribution < 1.29 is 22.7 Å². The maximum atomic E-state index is 13.8. The minimum Gasteiger partial charge on any atom is -0.396 e. The number of benzene rings is 1. The van der Waals surface area contributed by atoms with Crippen LogP contribution in [-0.2, 0) is 14.8 Å². The van der Waals surface area contributed by atoms with Gasteiger partial charge in [0.2, 0.25) is 10.0 Å². The van der Waals surface area contributed by atoms with Crippen molar-refractivity contribution in [1.29, 1.82) is 0 Å².